The van der Waals surface area contributed by atoms with Crippen molar-refractivity contribution in [1.82, 2.24) is 5.32 Å². The molecule has 0 aromatic heterocycles. The smallest absolute Gasteiger partial charge is 0.127 e. The monoisotopic (exact) mass is 249 g/mol. The second kappa shape index (κ2) is 4.34. The molecule has 0 saturated heterocycles. The van der Waals surface area contributed by atoms with Gasteiger partial charge in [0.05, 0.1) is 0 Å². The Labute approximate surface area is 110 Å². The summed E-state index contributed by atoms with van der Waals surface area (Å²) >= 11 is 0. The topological polar surface area (TPSA) is 12.0 Å². The van der Waals surface area contributed by atoms with E-state index in [1.54, 1.807) is 6.07 Å². The molecule has 1 aliphatic rings. The molecule has 1 fully saturated rings. The molecule has 0 spiro atoms. The molecule has 1 atom stereocenters. The third-order valence-electron chi connectivity index (χ3n) is 4.13. The van der Waals surface area contributed by atoms with Gasteiger partial charge in [0, 0.05) is 6.04 Å². The SMILES string of the molecule is CNC(c1ccc(C2(C)CC2)c(F)c1)C(C)(C)C. The summed E-state index contributed by atoms with van der Waals surface area (Å²) in [7, 11) is 1.93. The second-order valence-corrected chi connectivity index (χ2v) is 6.89. The Bertz CT molecular complexity index is 441. The standard InChI is InChI=1S/C16H24FN/c1-15(2,3)14(18-5)11-6-7-12(13(17)10-11)16(4)8-9-16/h6-7,10,14,18H,8-9H2,1-5H3. The predicted octanol–water partition coefficient (Wildman–Crippen LogP) is 4.18. The van der Waals surface area contributed by atoms with Gasteiger partial charge < -0.3 is 5.32 Å². The van der Waals surface area contributed by atoms with E-state index in [0.717, 1.165) is 24.0 Å². The van der Waals surface area contributed by atoms with Crippen LogP contribution in [0.2, 0.25) is 0 Å². The lowest BCUT2D eigenvalue weighted by Crippen LogP contribution is -2.29. The van der Waals surface area contributed by atoms with Crippen molar-refractivity contribution in [1.29, 1.82) is 0 Å². The van der Waals surface area contributed by atoms with Gasteiger partial charge in [0.1, 0.15) is 5.82 Å². The minimum absolute atomic E-state index is 0.0444. The third kappa shape index (κ3) is 2.44. The molecule has 1 nitrogen and oxygen atoms in total. The lowest BCUT2D eigenvalue weighted by molar-refractivity contribution is 0.286. The number of nitrogens with one attached hydrogen (secondary N) is 1. The summed E-state index contributed by atoms with van der Waals surface area (Å²) in [5.74, 6) is -0.0444. The molecule has 18 heavy (non-hydrogen) atoms. The van der Waals surface area contributed by atoms with E-state index in [1.807, 2.05) is 13.1 Å². The van der Waals surface area contributed by atoms with Crippen molar-refractivity contribution in [2.24, 2.45) is 5.41 Å². The van der Waals surface area contributed by atoms with Crippen molar-refractivity contribution in [2.75, 3.05) is 7.05 Å². The van der Waals surface area contributed by atoms with Crippen LogP contribution in [0.25, 0.3) is 0 Å². The van der Waals surface area contributed by atoms with Crippen molar-refractivity contribution < 1.29 is 4.39 Å². The predicted molar refractivity (Wildman–Crippen MR) is 74.2 cm³/mol. The number of halogens is 1. The normalized spacial score (nSPS) is 19.7. The fourth-order valence-electron chi connectivity index (χ4n) is 2.76. The third-order valence-corrected chi connectivity index (χ3v) is 4.13. The first-order valence-corrected chi connectivity index (χ1v) is 6.75. The maximum atomic E-state index is 14.2. The maximum Gasteiger partial charge on any atom is 0.127 e. The molecule has 0 heterocycles. The zero-order valence-electron chi connectivity index (χ0n) is 12.1. The summed E-state index contributed by atoms with van der Waals surface area (Å²) in [6.45, 7) is 8.65. The van der Waals surface area contributed by atoms with Crippen molar-refractivity contribution in [3.8, 4) is 0 Å². The van der Waals surface area contributed by atoms with Crippen LogP contribution in [0.15, 0.2) is 18.2 Å². The molecule has 1 aromatic rings. The minimum Gasteiger partial charge on any atom is -0.313 e. The summed E-state index contributed by atoms with van der Waals surface area (Å²) < 4.78 is 14.2. The highest BCUT2D eigenvalue weighted by Gasteiger charge is 2.41. The van der Waals surface area contributed by atoms with Crippen LogP contribution in [-0.4, -0.2) is 7.05 Å². The van der Waals surface area contributed by atoms with Gasteiger partial charge in [0.15, 0.2) is 0 Å². The van der Waals surface area contributed by atoms with Crippen molar-refractivity contribution in [2.45, 2.75) is 52.0 Å². The van der Waals surface area contributed by atoms with Crippen LogP contribution in [0.3, 0.4) is 0 Å². The van der Waals surface area contributed by atoms with Gasteiger partial charge in [-0.3, -0.25) is 0 Å². The van der Waals surface area contributed by atoms with E-state index in [-0.39, 0.29) is 22.7 Å². The average Bonchev–Trinajstić information content (AvgIpc) is 2.96. The molecule has 0 radical (unpaired) electrons. The Kier molecular flexibility index (Phi) is 3.26. The van der Waals surface area contributed by atoms with Crippen LogP contribution in [-0.2, 0) is 5.41 Å². The molecule has 2 rings (SSSR count). The Hall–Kier alpha value is -0.890. The van der Waals surface area contributed by atoms with Crippen LogP contribution < -0.4 is 5.32 Å². The summed E-state index contributed by atoms with van der Waals surface area (Å²) in [4.78, 5) is 0. The molecule has 1 aliphatic carbocycles. The van der Waals surface area contributed by atoms with Crippen LogP contribution in [0.4, 0.5) is 4.39 Å². The fourth-order valence-corrected chi connectivity index (χ4v) is 2.76. The van der Waals surface area contributed by atoms with Crippen molar-refractivity contribution in [3.05, 3.63) is 35.1 Å². The summed E-state index contributed by atoms with van der Waals surface area (Å²) in [6.07, 6.45) is 2.22. The van der Waals surface area contributed by atoms with Gasteiger partial charge in [0.25, 0.3) is 0 Å². The molecule has 1 unspecified atom stereocenters. The van der Waals surface area contributed by atoms with Crippen molar-refractivity contribution >= 4 is 0 Å². The van der Waals surface area contributed by atoms with Crippen LogP contribution >= 0.6 is 0 Å². The average molecular weight is 249 g/mol. The quantitative estimate of drug-likeness (QED) is 0.847. The summed E-state index contributed by atoms with van der Waals surface area (Å²) in [5.41, 5.74) is 2.09. The molecule has 1 N–H and O–H groups in total. The number of benzene rings is 1. The molecular weight excluding hydrogens is 225 g/mol. The van der Waals surface area contributed by atoms with E-state index >= 15 is 0 Å². The van der Waals surface area contributed by atoms with E-state index in [1.165, 1.54) is 0 Å². The summed E-state index contributed by atoms with van der Waals surface area (Å²) in [5, 5.41) is 3.29. The van der Waals surface area contributed by atoms with E-state index in [4.69, 9.17) is 0 Å². The van der Waals surface area contributed by atoms with Gasteiger partial charge in [-0.15, -0.1) is 0 Å². The lowest BCUT2D eigenvalue weighted by Gasteiger charge is -2.31. The van der Waals surface area contributed by atoms with E-state index in [2.05, 4.69) is 39.1 Å². The van der Waals surface area contributed by atoms with Crippen LogP contribution in [0, 0.1) is 11.2 Å². The number of hydrogen-bond acceptors (Lipinski definition) is 1. The van der Waals surface area contributed by atoms with E-state index < -0.39 is 0 Å². The van der Waals surface area contributed by atoms with Gasteiger partial charge in [0.2, 0.25) is 0 Å². The van der Waals surface area contributed by atoms with Gasteiger partial charge in [-0.2, -0.15) is 0 Å². The maximum absolute atomic E-state index is 14.2. The molecule has 100 valence electrons. The van der Waals surface area contributed by atoms with Gasteiger partial charge in [-0.05, 0) is 47.9 Å². The summed E-state index contributed by atoms with van der Waals surface area (Å²) in [6, 6.07) is 5.95. The molecule has 0 bridgehead atoms. The number of hydrogen-bond donors (Lipinski definition) is 1. The first-order valence-electron chi connectivity index (χ1n) is 6.75. The van der Waals surface area contributed by atoms with E-state index in [9.17, 15) is 4.39 Å². The molecule has 1 saturated carbocycles. The highest BCUT2D eigenvalue weighted by molar-refractivity contribution is 5.35. The molecule has 2 heteroatoms. The second-order valence-electron chi connectivity index (χ2n) is 6.89. The Morgan fingerprint density at radius 2 is 1.89 bits per heavy atom. The Morgan fingerprint density at radius 1 is 1.28 bits per heavy atom. The zero-order chi connectivity index (χ0) is 13.6. The first-order chi connectivity index (χ1) is 8.28. The molecule has 0 aliphatic heterocycles. The Morgan fingerprint density at radius 3 is 2.28 bits per heavy atom. The van der Waals surface area contributed by atoms with Gasteiger partial charge in [-0.25, -0.2) is 4.39 Å². The minimum atomic E-state index is -0.0444. The highest BCUT2D eigenvalue weighted by atomic mass is 19.1. The number of rotatable bonds is 3. The molecule has 0 amide bonds. The first kappa shape index (κ1) is 13.5. The molecule has 1 aromatic carbocycles. The van der Waals surface area contributed by atoms with Crippen LogP contribution in [0.1, 0.15) is 57.7 Å². The van der Waals surface area contributed by atoms with Crippen LogP contribution in [0.5, 0.6) is 0 Å². The molecular formula is C16H24FN. The van der Waals surface area contributed by atoms with Crippen molar-refractivity contribution in [3.63, 3.8) is 0 Å². The fraction of sp³-hybridized carbons (Fsp3) is 0.625. The highest BCUT2D eigenvalue weighted by Crippen LogP contribution is 2.48. The largest absolute Gasteiger partial charge is 0.313 e. The van der Waals surface area contributed by atoms with Gasteiger partial charge in [-0.1, -0.05) is 39.8 Å². The zero-order valence-corrected chi connectivity index (χ0v) is 12.1. The van der Waals surface area contributed by atoms with Gasteiger partial charge >= 0.3 is 0 Å². The Balaban J connectivity index is 2.34. The lowest BCUT2D eigenvalue weighted by atomic mass is 9.81. The van der Waals surface area contributed by atoms with E-state index in [0.29, 0.717) is 0 Å².